The highest BCUT2D eigenvalue weighted by molar-refractivity contribution is 8.23. The van der Waals surface area contributed by atoms with Crippen molar-refractivity contribution < 1.29 is 4.79 Å². The lowest BCUT2D eigenvalue weighted by atomic mass is 10.6. The van der Waals surface area contributed by atoms with Gasteiger partial charge >= 0.3 is 0 Å². The van der Waals surface area contributed by atoms with Crippen LogP contribution in [-0.4, -0.2) is 38.4 Å². The van der Waals surface area contributed by atoms with Crippen LogP contribution in [-0.2, 0) is 4.79 Å². The maximum absolute atomic E-state index is 10.9. The Morgan fingerprint density at radius 2 is 1.93 bits per heavy atom. The Hall–Kier alpha value is 0.580. The van der Waals surface area contributed by atoms with E-state index in [1.165, 1.54) is 6.92 Å². The summed E-state index contributed by atoms with van der Waals surface area (Å²) in [7, 11) is 3.55. The molecule has 0 saturated carbocycles. The van der Waals surface area contributed by atoms with Gasteiger partial charge in [0.25, 0.3) is 0 Å². The highest BCUT2D eigenvalue weighted by Crippen LogP contribution is 2.36. The van der Waals surface area contributed by atoms with Crippen LogP contribution in [0.3, 0.4) is 0 Å². The maximum Gasteiger partial charge on any atom is 0.220 e. The molecule has 0 aliphatic carbocycles. The van der Waals surface area contributed by atoms with Crippen LogP contribution in [0, 0.1) is 0 Å². The summed E-state index contributed by atoms with van der Waals surface area (Å²) in [5.41, 5.74) is 0. The molecule has 1 atom stereocenters. The van der Waals surface area contributed by atoms with Crippen LogP contribution in [0.2, 0.25) is 0 Å². The third kappa shape index (κ3) is 6.68. The Kier molecular flexibility index (Phi) is 6.59. The number of thioether (sulfide) groups is 1. The van der Waals surface area contributed by atoms with Crippen molar-refractivity contribution in [3.05, 3.63) is 0 Å². The number of halogens is 3. The van der Waals surface area contributed by atoms with Gasteiger partial charge in [-0.3, -0.25) is 4.79 Å². The zero-order valence-corrected chi connectivity index (χ0v) is 12.3. The minimum atomic E-state index is -1.60. The molecule has 0 rings (SSSR count). The Balaban J connectivity index is 4.52. The van der Waals surface area contributed by atoms with Crippen molar-refractivity contribution in [2.75, 3.05) is 14.1 Å². The van der Waals surface area contributed by atoms with Crippen LogP contribution in [0.1, 0.15) is 6.92 Å². The van der Waals surface area contributed by atoms with Gasteiger partial charge in [-0.05, 0) is 0 Å². The Labute approximate surface area is 114 Å². The number of hydrogen-bond donors (Lipinski definition) is 1. The predicted molar refractivity (Wildman–Crippen MR) is 71.8 cm³/mol. The number of carbonyl (C=O) groups is 1. The van der Waals surface area contributed by atoms with Gasteiger partial charge in [0.15, 0.2) is 0 Å². The van der Waals surface area contributed by atoms with Crippen molar-refractivity contribution in [3.63, 3.8) is 0 Å². The van der Waals surface area contributed by atoms with Gasteiger partial charge in [-0.1, -0.05) is 58.8 Å². The molecule has 8 heteroatoms. The summed E-state index contributed by atoms with van der Waals surface area (Å²) in [5.74, 6) is -0.277. The van der Waals surface area contributed by atoms with Crippen LogP contribution >= 0.6 is 58.8 Å². The lowest BCUT2D eigenvalue weighted by Gasteiger charge is -2.26. The van der Waals surface area contributed by atoms with Gasteiger partial charge in [0.2, 0.25) is 9.70 Å². The summed E-state index contributed by atoms with van der Waals surface area (Å²) >= 11 is 23.3. The quantitative estimate of drug-likeness (QED) is 0.482. The number of carbonyl (C=O) groups excluding carboxylic acids is 1. The molecule has 0 aromatic carbocycles. The first-order valence-corrected chi connectivity index (χ1v) is 6.28. The number of thiocarbonyl (C=S) groups is 1. The van der Waals surface area contributed by atoms with Crippen molar-refractivity contribution >= 4 is 69.0 Å². The fourth-order valence-electron chi connectivity index (χ4n) is 0.569. The highest BCUT2D eigenvalue weighted by Gasteiger charge is 2.35. The van der Waals surface area contributed by atoms with E-state index >= 15 is 0 Å². The molecule has 0 aromatic heterocycles. The van der Waals surface area contributed by atoms with Crippen molar-refractivity contribution in [1.82, 2.24) is 10.2 Å². The van der Waals surface area contributed by atoms with E-state index in [2.05, 4.69) is 5.32 Å². The molecule has 0 spiro atoms. The first-order valence-electron chi connectivity index (χ1n) is 3.86. The molecule has 88 valence electrons. The fourth-order valence-corrected chi connectivity index (χ4v) is 2.19. The largest absolute Gasteiger partial charge is 0.364 e. The van der Waals surface area contributed by atoms with Gasteiger partial charge in [-0.2, -0.15) is 0 Å². The predicted octanol–water partition coefficient (Wildman–Crippen LogP) is 2.40. The van der Waals surface area contributed by atoms with E-state index in [0.717, 1.165) is 11.8 Å². The lowest BCUT2D eigenvalue weighted by Crippen LogP contribution is -2.42. The number of nitrogens with one attached hydrogen (secondary N) is 1. The number of amides is 1. The molecular weight excluding hydrogens is 299 g/mol. The summed E-state index contributed by atoms with van der Waals surface area (Å²) in [5, 5.41) is 1.82. The van der Waals surface area contributed by atoms with Gasteiger partial charge in [0, 0.05) is 21.0 Å². The Morgan fingerprint density at radius 1 is 1.47 bits per heavy atom. The molecule has 1 amide bonds. The van der Waals surface area contributed by atoms with Crippen molar-refractivity contribution in [2.45, 2.75) is 16.1 Å². The number of rotatable bonds is 2. The third-order valence-electron chi connectivity index (χ3n) is 1.22. The summed E-state index contributed by atoms with van der Waals surface area (Å²) in [6.45, 7) is 1.35. The topological polar surface area (TPSA) is 32.3 Å². The van der Waals surface area contributed by atoms with Gasteiger partial charge in [0.05, 0.1) is 0 Å². The molecule has 0 saturated heterocycles. The molecule has 0 radical (unpaired) electrons. The molecular formula is C7H11Cl3N2OS2. The molecule has 15 heavy (non-hydrogen) atoms. The molecule has 0 fully saturated rings. The Morgan fingerprint density at radius 3 is 2.20 bits per heavy atom. The van der Waals surface area contributed by atoms with E-state index in [0.29, 0.717) is 4.32 Å². The van der Waals surface area contributed by atoms with Crippen LogP contribution in [0.25, 0.3) is 0 Å². The normalized spacial score (nSPS) is 13.2. The fraction of sp³-hybridized carbons (Fsp3) is 0.714. The SMILES string of the molecule is CC(=O)N[C@H](SC(=S)N(C)C)C(Cl)(Cl)Cl. The first-order chi connectivity index (χ1) is 6.64. The second-order valence-corrected chi connectivity index (χ2v) is 7.01. The molecule has 0 unspecified atom stereocenters. The number of nitrogens with zero attached hydrogens (tertiary/aromatic N) is 1. The standard InChI is InChI=1S/C7H11Cl3N2OS2/c1-4(13)11-5(7(8,9)10)15-6(14)12(2)3/h5H,1-3H3,(H,11,13)/t5-/m1/s1. The molecule has 0 aliphatic heterocycles. The lowest BCUT2D eigenvalue weighted by molar-refractivity contribution is -0.119. The van der Waals surface area contributed by atoms with Crippen LogP contribution in [0.5, 0.6) is 0 Å². The van der Waals surface area contributed by atoms with Crippen LogP contribution in [0.4, 0.5) is 0 Å². The van der Waals surface area contributed by atoms with E-state index in [4.69, 9.17) is 47.0 Å². The van der Waals surface area contributed by atoms with Crippen LogP contribution < -0.4 is 5.32 Å². The average Bonchev–Trinajstić information content (AvgIpc) is 2.00. The van der Waals surface area contributed by atoms with E-state index in [1.807, 2.05) is 0 Å². The molecule has 0 bridgehead atoms. The number of hydrogen-bond acceptors (Lipinski definition) is 3. The second-order valence-electron chi connectivity index (χ2n) is 2.90. The third-order valence-corrected chi connectivity index (χ3v) is 4.19. The highest BCUT2D eigenvalue weighted by atomic mass is 35.6. The zero-order chi connectivity index (χ0) is 12.2. The molecule has 1 N–H and O–H groups in total. The van der Waals surface area contributed by atoms with E-state index < -0.39 is 9.17 Å². The summed E-state index contributed by atoms with van der Waals surface area (Å²) in [6, 6.07) is 0. The molecule has 0 aliphatic rings. The second kappa shape index (κ2) is 6.35. The molecule has 0 aromatic rings. The van der Waals surface area contributed by atoms with Gasteiger partial charge in [-0.15, -0.1) is 0 Å². The summed E-state index contributed by atoms with van der Waals surface area (Å²) in [6.07, 6.45) is 0. The van der Waals surface area contributed by atoms with Crippen molar-refractivity contribution in [1.29, 1.82) is 0 Å². The van der Waals surface area contributed by atoms with E-state index in [-0.39, 0.29) is 5.91 Å². The minimum absolute atomic E-state index is 0.277. The molecule has 0 heterocycles. The van der Waals surface area contributed by atoms with Gasteiger partial charge in [-0.25, -0.2) is 0 Å². The number of alkyl halides is 3. The summed E-state index contributed by atoms with van der Waals surface area (Å²) in [4.78, 5) is 12.6. The monoisotopic (exact) mass is 308 g/mol. The zero-order valence-electron chi connectivity index (χ0n) is 8.38. The smallest absolute Gasteiger partial charge is 0.220 e. The van der Waals surface area contributed by atoms with Gasteiger partial charge in [0.1, 0.15) is 9.69 Å². The van der Waals surface area contributed by atoms with Crippen molar-refractivity contribution in [2.24, 2.45) is 0 Å². The maximum atomic E-state index is 10.9. The van der Waals surface area contributed by atoms with Gasteiger partial charge < -0.3 is 10.2 Å². The first kappa shape index (κ1) is 15.6. The Bertz CT molecular complexity index is 255. The minimum Gasteiger partial charge on any atom is -0.364 e. The van der Waals surface area contributed by atoms with E-state index in [9.17, 15) is 4.79 Å². The molecule has 3 nitrogen and oxygen atoms in total. The van der Waals surface area contributed by atoms with Crippen molar-refractivity contribution in [3.8, 4) is 0 Å². The average molecular weight is 310 g/mol. The summed E-state index contributed by atoms with van der Waals surface area (Å²) < 4.78 is -1.07. The van der Waals surface area contributed by atoms with E-state index in [1.54, 1.807) is 19.0 Å². The van der Waals surface area contributed by atoms with Crippen LogP contribution in [0.15, 0.2) is 0 Å².